The van der Waals surface area contributed by atoms with Gasteiger partial charge in [0.15, 0.2) is 5.69 Å². The van der Waals surface area contributed by atoms with Crippen molar-refractivity contribution in [2.24, 2.45) is 0 Å². The first-order chi connectivity index (χ1) is 16.9. The van der Waals surface area contributed by atoms with E-state index in [4.69, 9.17) is 0 Å². The van der Waals surface area contributed by atoms with Gasteiger partial charge in [0.05, 0.1) is 36.4 Å². The van der Waals surface area contributed by atoms with Crippen molar-refractivity contribution in [3.05, 3.63) is 41.6 Å². The first-order valence-electron chi connectivity index (χ1n) is 11.9. The number of aromatic nitrogens is 2. The molecule has 0 bridgehead atoms. The minimum Gasteiger partial charge on any atom is -0.481 e. The fourth-order valence-corrected chi connectivity index (χ4v) is 5.01. The maximum Gasteiger partial charge on any atom is 0.417 e. The summed E-state index contributed by atoms with van der Waals surface area (Å²) in [4.78, 5) is 25.7. The van der Waals surface area contributed by atoms with Gasteiger partial charge in [-0.15, -0.1) is 0 Å². The van der Waals surface area contributed by atoms with Gasteiger partial charge in [-0.25, -0.2) is 8.78 Å². The monoisotopic (exact) mass is 514 g/mol. The lowest BCUT2D eigenvalue weighted by Gasteiger charge is -2.37. The first-order valence-corrected chi connectivity index (χ1v) is 11.9. The van der Waals surface area contributed by atoms with Gasteiger partial charge in [-0.1, -0.05) is 31.0 Å². The molecule has 1 unspecified atom stereocenters. The van der Waals surface area contributed by atoms with Crippen LogP contribution in [0.2, 0.25) is 0 Å². The van der Waals surface area contributed by atoms with Crippen molar-refractivity contribution in [3.8, 4) is 11.3 Å². The quantitative estimate of drug-likeness (QED) is 0.511. The maximum absolute atomic E-state index is 14.0. The second-order valence-electron chi connectivity index (χ2n) is 9.36. The van der Waals surface area contributed by atoms with Crippen LogP contribution in [-0.4, -0.2) is 56.8 Å². The molecular formula is C24H27F5N4O3. The topological polar surface area (TPSA) is 87.5 Å². The molecule has 1 aliphatic heterocycles. The van der Waals surface area contributed by atoms with E-state index in [0.717, 1.165) is 18.9 Å². The number of benzene rings is 1. The summed E-state index contributed by atoms with van der Waals surface area (Å²) in [6, 6.07) is 6.08. The Kier molecular flexibility index (Phi) is 7.35. The Balaban J connectivity index is 1.67. The molecule has 2 N–H and O–H groups in total. The van der Waals surface area contributed by atoms with Crippen molar-refractivity contribution in [3.63, 3.8) is 0 Å². The van der Waals surface area contributed by atoms with Crippen LogP contribution in [0.15, 0.2) is 30.3 Å². The minimum absolute atomic E-state index is 0.124. The van der Waals surface area contributed by atoms with Crippen LogP contribution < -0.4 is 5.32 Å². The molecule has 1 aromatic carbocycles. The normalized spacial score (nSPS) is 19.8. The number of hydrogen-bond donors (Lipinski definition) is 2. The number of nitrogens with zero attached hydrogens (tertiary/aromatic N) is 3. The summed E-state index contributed by atoms with van der Waals surface area (Å²) in [6.07, 6.45) is -3.54. The van der Waals surface area contributed by atoms with Crippen molar-refractivity contribution >= 4 is 11.9 Å². The third-order valence-corrected chi connectivity index (χ3v) is 6.68. The zero-order valence-corrected chi connectivity index (χ0v) is 19.4. The molecule has 7 nitrogen and oxygen atoms in total. The Morgan fingerprint density at radius 2 is 1.86 bits per heavy atom. The highest BCUT2D eigenvalue weighted by Crippen LogP contribution is 2.40. The molecule has 1 amide bonds. The average molecular weight is 514 g/mol. The summed E-state index contributed by atoms with van der Waals surface area (Å²) < 4.78 is 70.6. The highest BCUT2D eigenvalue weighted by Gasteiger charge is 2.39. The molecule has 4 rings (SSSR count). The largest absolute Gasteiger partial charge is 0.481 e. The van der Waals surface area contributed by atoms with Gasteiger partial charge in [0.25, 0.3) is 11.8 Å². The molecule has 36 heavy (non-hydrogen) atoms. The molecule has 2 aliphatic rings. The molecule has 2 heterocycles. The fourth-order valence-electron chi connectivity index (χ4n) is 5.01. The van der Waals surface area contributed by atoms with E-state index in [1.54, 1.807) is 0 Å². The number of hydrogen-bond acceptors (Lipinski definition) is 4. The molecular weight excluding hydrogens is 487 g/mol. The number of likely N-dealkylation sites (tertiary alicyclic amines) is 1. The molecule has 1 aromatic heterocycles. The van der Waals surface area contributed by atoms with Gasteiger partial charge in [-0.3, -0.25) is 19.2 Å². The van der Waals surface area contributed by atoms with E-state index in [0.29, 0.717) is 12.8 Å². The molecule has 1 saturated carbocycles. The summed E-state index contributed by atoms with van der Waals surface area (Å²) >= 11 is 0. The Morgan fingerprint density at radius 1 is 1.17 bits per heavy atom. The molecule has 196 valence electrons. The maximum atomic E-state index is 14.0. The lowest BCUT2D eigenvalue weighted by Crippen LogP contribution is -2.55. The van der Waals surface area contributed by atoms with Gasteiger partial charge in [-0.05, 0) is 31.4 Å². The zero-order chi connectivity index (χ0) is 26.1. The number of aliphatic carboxylic acids is 1. The Hall–Kier alpha value is -3.02. The molecule has 2 fully saturated rings. The fraction of sp³-hybridized carbons (Fsp3) is 0.542. The van der Waals surface area contributed by atoms with Crippen LogP contribution in [0.3, 0.4) is 0 Å². The van der Waals surface area contributed by atoms with Crippen LogP contribution in [0, 0.1) is 0 Å². The molecule has 2 aromatic rings. The highest BCUT2D eigenvalue weighted by molar-refractivity contribution is 5.94. The van der Waals surface area contributed by atoms with Crippen LogP contribution in [0.25, 0.3) is 11.3 Å². The number of piperidine rings is 1. The lowest BCUT2D eigenvalue weighted by molar-refractivity contribution is -0.140. The lowest BCUT2D eigenvalue weighted by atomic mass is 10.0. The van der Waals surface area contributed by atoms with E-state index in [1.807, 2.05) is 0 Å². The Bertz CT molecular complexity index is 1110. The van der Waals surface area contributed by atoms with Crippen molar-refractivity contribution < 1.29 is 36.6 Å². The van der Waals surface area contributed by atoms with Gasteiger partial charge in [0.1, 0.15) is 0 Å². The molecule has 1 aliphatic carbocycles. The van der Waals surface area contributed by atoms with Crippen LogP contribution in [-0.2, 0) is 11.0 Å². The second kappa shape index (κ2) is 10.2. The first kappa shape index (κ1) is 26.1. The average Bonchev–Trinajstić information content (AvgIpc) is 3.47. The van der Waals surface area contributed by atoms with E-state index >= 15 is 0 Å². The van der Waals surface area contributed by atoms with Gasteiger partial charge >= 0.3 is 12.1 Å². The smallest absolute Gasteiger partial charge is 0.417 e. The zero-order valence-electron chi connectivity index (χ0n) is 19.4. The summed E-state index contributed by atoms with van der Waals surface area (Å²) in [5, 5.41) is 16.1. The molecule has 0 spiro atoms. The van der Waals surface area contributed by atoms with E-state index in [9.17, 15) is 36.6 Å². The number of alkyl halides is 5. The standard InChI is InChI=1S/C24H27F5N4O3/c25-23(26)10-5-11-32(14-23)20(13-21(34)35)30-22(36)18-12-19(33(31-18)15-6-1-2-7-15)16-8-3-4-9-17(16)24(27,28)29/h3-4,8-9,12,15,20H,1-2,5-7,10-11,13-14H2,(H,30,36)(H,34,35). The minimum atomic E-state index is -4.63. The summed E-state index contributed by atoms with van der Waals surface area (Å²) in [7, 11) is 0. The number of halogens is 5. The molecule has 0 radical (unpaired) electrons. The number of carboxylic acids is 1. The second-order valence-corrected chi connectivity index (χ2v) is 9.36. The number of rotatable bonds is 7. The molecule has 12 heteroatoms. The van der Waals surface area contributed by atoms with Gasteiger partial charge in [0.2, 0.25) is 0 Å². The van der Waals surface area contributed by atoms with Crippen LogP contribution in [0.1, 0.15) is 67.0 Å². The SMILES string of the molecule is O=C(O)CC(NC(=O)c1cc(-c2ccccc2C(F)(F)F)n(C2CCCC2)n1)N1CCCC(F)(F)C1. The Labute approximate surface area is 204 Å². The molecule has 1 atom stereocenters. The van der Waals surface area contributed by atoms with Crippen molar-refractivity contribution in [1.29, 1.82) is 0 Å². The van der Waals surface area contributed by atoms with E-state index in [1.165, 1.54) is 33.8 Å². The van der Waals surface area contributed by atoms with E-state index in [-0.39, 0.29) is 42.4 Å². The number of carboxylic acid groups (broad SMARTS) is 1. The summed E-state index contributed by atoms with van der Waals surface area (Å²) in [6.45, 7) is -0.527. The number of carbonyl (C=O) groups excluding carboxylic acids is 1. The van der Waals surface area contributed by atoms with Crippen molar-refractivity contribution in [2.45, 2.75) is 69.3 Å². The van der Waals surface area contributed by atoms with E-state index in [2.05, 4.69) is 10.4 Å². The summed E-state index contributed by atoms with van der Waals surface area (Å²) in [5.74, 6) is -5.14. The van der Waals surface area contributed by atoms with Gasteiger partial charge in [0, 0.05) is 18.5 Å². The number of carbonyl (C=O) groups is 2. The van der Waals surface area contributed by atoms with Crippen LogP contribution >= 0.6 is 0 Å². The predicted octanol–water partition coefficient (Wildman–Crippen LogP) is 4.95. The van der Waals surface area contributed by atoms with Gasteiger partial charge in [-0.2, -0.15) is 18.3 Å². The van der Waals surface area contributed by atoms with Crippen molar-refractivity contribution in [2.75, 3.05) is 13.1 Å². The summed E-state index contributed by atoms with van der Waals surface area (Å²) in [5.41, 5.74) is -1.07. The Morgan fingerprint density at radius 3 is 2.50 bits per heavy atom. The van der Waals surface area contributed by atoms with Crippen molar-refractivity contribution in [1.82, 2.24) is 20.0 Å². The van der Waals surface area contributed by atoms with E-state index < -0.39 is 48.7 Å². The third kappa shape index (κ3) is 5.85. The predicted molar refractivity (Wildman–Crippen MR) is 119 cm³/mol. The molecule has 1 saturated heterocycles. The van der Waals surface area contributed by atoms with Crippen LogP contribution in [0.5, 0.6) is 0 Å². The van der Waals surface area contributed by atoms with Gasteiger partial charge < -0.3 is 10.4 Å². The number of amides is 1. The van der Waals surface area contributed by atoms with Crippen LogP contribution in [0.4, 0.5) is 22.0 Å². The third-order valence-electron chi connectivity index (χ3n) is 6.68. The number of nitrogens with one attached hydrogen (secondary N) is 1. The highest BCUT2D eigenvalue weighted by atomic mass is 19.4.